The maximum absolute atomic E-state index is 14.0. The lowest BCUT2D eigenvalue weighted by Crippen LogP contribution is -2.30. The molecule has 4 heteroatoms. The molecule has 0 aromatic heterocycles. The Labute approximate surface area is 135 Å². The quantitative estimate of drug-likeness (QED) is 0.831. The van der Waals surface area contributed by atoms with Crippen LogP contribution in [0.5, 0.6) is 0 Å². The third-order valence-electron chi connectivity index (χ3n) is 3.58. The maximum Gasteiger partial charge on any atom is 0.145 e. The zero-order chi connectivity index (χ0) is 15.4. The van der Waals surface area contributed by atoms with Crippen molar-refractivity contribution >= 4 is 23.2 Å². The number of nitrogens with one attached hydrogen (secondary N) is 1. The van der Waals surface area contributed by atoms with E-state index in [2.05, 4.69) is 5.32 Å². The number of aryl methyl sites for hydroxylation is 1. The summed E-state index contributed by atoms with van der Waals surface area (Å²) in [6, 6.07) is 11.2. The van der Waals surface area contributed by atoms with E-state index in [1.165, 1.54) is 0 Å². The molecule has 1 unspecified atom stereocenters. The molecule has 0 heterocycles. The van der Waals surface area contributed by atoms with E-state index in [-0.39, 0.29) is 16.9 Å². The van der Waals surface area contributed by atoms with E-state index >= 15 is 0 Å². The average molecular weight is 326 g/mol. The molecule has 0 amide bonds. The van der Waals surface area contributed by atoms with Gasteiger partial charge in [0.25, 0.3) is 0 Å². The first-order valence-corrected chi connectivity index (χ1v) is 7.62. The highest BCUT2D eigenvalue weighted by atomic mass is 35.5. The van der Waals surface area contributed by atoms with Crippen molar-refractivity contribution in [3.63, 3.8) is 0 Å². The van der Waals surface area contributed by atoms with Crippen LogP contribution < -0.4 is 5.32 Å². The van der Waals surface area contributed by atoms with Crippen LogP contribution in [0.2, 0.25) is 10.0 Å². The molecule has 0 aliphatic heterocycles. The highest BCUT2D eigenvalue weighted by molar-refractivity contribution is 6.31. The van der Waals surface area contributed by atoms with Crippen molar-refractivity contribution in [2.24, 2.45) is 0 Å². The van der Waals surface area contributed by atoms with Gasteiger partial charge in [-0.3, -0.25) is 0 Å². The Morgan fingerprint density at radius 2 is 1.76 bits per heavy atom. The van der Waals surface area contributed by atoms with Gasteiger partial charge in [0.1, 0.15) is 5.82 Å². The van der Waals surface area contributed by atoms with E-state index in [1.54, 1.807) is 18.2 Å². The molecule has 0 saturated heterocycles. The van der Waals surface area contributed by atoms with Crippen molar-refractivity contribution < 1.29 is 4.39 Å². The van der Waals surface area contributed by atoms with Crippen molar-refractivity contribution in [3.05, 3.63) is 69.0 Å². The van der Waals surface area contributed by atoms with Gasteiger partial charge in [-0.05, 0) is 55.6 Å². The molecule has 0 saturated carbocycles. The molecule has 112 valence electrons. The fourth-order valence-corrected chi connectivity index (χ4v) is 2.84. The summed E-state index contributed by atoms with van der Waals surface area (Å²) >= 11 is 12.1. The summed E-state index contributed by atoms with van der Waals surface area (Å²) in [5, 5.41) is 4.13. The molecular formula is C17H18Cl2FN. The van der Waals surface area contributed by atoms with E-state index in [9.17, 15) is 4.39 Å². The van der Waals surface area contributed by atoms with Crippen molar-refractivity contribution in [2.75, 3.05) is 7.05 Å². The second-order valence-corrected chi connectivity index (χ2v) is 6.02. The molecule has 2 rings (SSSR count). The second kappa shape index (κ2) is 7.26. The molecule has 0 aliphatic carbocycles. The van der Waals surface area contributed by atoms with Crippen molar-refractivity contribution in [1.82, 2.24) is 5.32 Å². The van der Waals surface area contributed by atoms with E-state index in [0.29, 0.717) is 12.0 Å². The van der Waals surface area contributed by atoms with E-state index in [0.717, 1.165) is 22.6 Å². The number of rotatable bonds is 5. The molecule has 21 heavy (non-hydrogen) atoms. The van der Waals surface area contributed by atoms with Gasteiger partial charge in [-0.1, -0.05) is 47.5 Å². The van der Waals surface area contributed by atoms with E-state index in [1.807, 2.05) is 32.2 Å². The predicted octanol–water partition coefficient (Wildman–Crippen LogP) is 4.81. The van der Waals surface area contributed by atoms with Crippen LogP contribution in [-0.4, -0.2) is 13.1 Å². The third-order valence-corrected chi connectivity index (χ3v) is 4.22. The first-order valence-electron chi connectivity index (χ1n) is 6.86. The molecule has 0 fully saturated rings. The maximum atomic E-state index is 14.0. The van der Waals surface area contributed by atoms with Crippen LogP contribution in [0.3, 0.4) is 0 Å². The van der Waals surface area contributed by atoms with Crippen molar-refractivity contribution in [3.8, 4) is 0 Å². The topological polar surface area (TPSA) is 12.0 Å². The zero-order valence-electron chi connectivity index (χ0n) is 12.1. The summed E-state index contributed by atoms with van der Waals surface area (Å²) in [7, 11) is 1.87. The Bertz CT molecular complexity index is 628. The minimum absolute atomic E-state index is 0.0955. The van der Waals surface area contributed by atoms with Gasteiger partial charge in [-0.25, -0.2) is 4.39 Å². The summed E-state index contributed by atoms with van der Waals surface area (Å²) in [6.45, 7) is 2.01. The standard InChI is InChI=1S/C17H18Cl2FN/c1-11-6-7-12(16(19)8-11)9-14(21-2)10-13-4-3-5-15(18)17(13)20/h3-8,14,21H,9-10H2,1-2H3. The molecule has 0 aliphatic rings. The van der Waals surface area contributed by atoms with Gasteiger partial charge in [0.05, 0.1) is 5.02 Å². The van der Waals surface area contributed by atoms with Crippen LogP contribution in [0.25, 0.3) is 0 Å². The lowest BCUT2D eigenvalue weighted by molar-refractivity contribution is 0.532. The van der Waals surface area contributed by atoms with Crippen molar-refractivity contribution in [1.29, 1.82) is 0 Å². The van der Waals surface area contributed by atoms with Crippen LogP contribution >= 0.6 is 23.2 Å². The summed E-state index contributed by atoms with van der Waals surface area (Å²) in [5.74, 6) is -0.339. The fraction of sp³-hybridized carbons (Fsp3) is 0.294. The second-order valence-electron chi connectivity index (χ2n) is 5.20. The molecule has 2 aromatic rings. The minimum atomic E-state index is -0.339. The minimum Gasteiger partial charge on any atom is -0.316 e. The highest BCUT2D eigenvalue weighted by Gasteiger charge is 2.14. The van der Waals surface area contributed by atoms with Gasteiger partial charge >= 0.3 is 0 Å². The van der Waals surface area contributed by atoms with Gasteiger partial charge in [-0.15, -0.1) is 0 Å². The van der Waals surface area contributed by atoms with Crippen molar-refractivity contribution in [2.45, 2.75) is 25.8 Å². The number of benzene rings is 2. The Kier molecular flexibility index (Phi) is 5.63. The molecule has 0 radical (unpaired) electrons. The van der Waals surface area contributed by atoms with E-state index < -0.39 is 0 Å². The van der Waals surface area contributed by atoms with Gasteiger partial charge < -0.3 is 5.32 Å². The van der Waals surface area contributed by atoms with Crippen LogP contribution in [-0.2, 0) is 12.8 Å². The Morgan fingerprint density at radius 3 is 2.43 bits per heavy atom. The Hall–Kier alpha value is -1.09. The van der Waals surface area contributed by atoms with Gasteiger partial charge in [0.15, 0.2) is 0 Å². The number of hydrogen-bond donors (Lipinski definition) is 1. The third kappa shape index (κ3) is 4.19. The van der Waals surface area contributed by atoms with Gasteiger partial charge in [0, 0.05) is 11.1 Å². The molecule has 2 aromatic carbocycles. The monoisotopic (exact) mass is 325 g/mol. The Balaban J connectivity index is 2.15. The smallest absolute Gasteiger partial charge is 0.145 e. The van der Waals surface area contributed by atoms with Gasteiger partial charge in [-0.2, -0.15) is 0 Å². The van der Waals surface area contributed by atoms with E-state index in [4.69, 9.17) is 23.2 Å². The largest absolute Gasteiger partial charge is 0.316 e. The zero-order valence-corrected chi connectivity index (χ0v) is 13.6. The fourth-order valence-electron chi connectivity index (χ4n) is 2.33. The number of hydrogen-bond acceptors (Lipinski definition) is 1. The number of likely N-dealkylation sites (N-methyl/N-ethyl adjacent to an activating group) is 1. The molecule has 1 atom stereocenters. The summed E-state index contributed by atoms with van der Waals surface area (Å²) in [5.41, 5.74) is 2.81. The van der Waals surface area contributed by atoms with Crippen LogP contribution in [0.4, 0.5) is 4.39 Å². The summed E-state index contributed by atoms with van der Waals surface area (Å²) in [6.07, 6.45) is 1.30. The molecule has 1 nitrogen and oxygen atoms in total. The highest BCUT2D eigenvalue weighted by Crippen LogP contribution is 2.22. The SMILES string of the molecule is CNC(Cc1ccc(C)cc1Cl)Cc1cccc(Cl)c1F. The first kappa shape index (κ1) is 16.3. The molecular weight excluding hydrogens is 308 g/mol. The summed E-state index contributed by atoms with van der Waals surface area (Å²) < 4.78 is 14.0. The predicted molar refractivity (Wildman–Crippen MR) is 87.9 cm³/mol. The normalized spacial score (nSPS) is 12.4. The van der Waals surface area contributed by atoms with Gasteiger partial charge in [0.2, 0.25) is 0 Å². The first-order chi connectivity index (χ1) is 10.0. The molecule has 1 N–H and O–H groups in total. The number of halogens is 3. The Morgan fingerprint density at radius 1 is 1.05 bits per heavy atom. The lowest BCUT2D eigenvalue weighted by atomic mass is 9.98. The molecule has 0 bridgehead atoms. The average Bonchev–Trinajstić information content (AvgIpc) is 2.45. The lowest BCUT2D eigenvalue weighted by Gasteiger charge is -2.18. The molecule has 0 spiro atoms. The van der Waals surface area contributed by atoms with Crippen LogP contribution in [0.15, 0.2) is 36.4 Å². The summed E-state index contributed by atoms with van der Waals surface area (Å²) in [4.78, 5) is 0. The van der Waals surface area contributed by atoms with Crippen LogP contribution in [0.1, 0.15) is 16.7 Å². The van der Waals surface area contributed by atoms with Crippen LogP contribution in [0, 0.1) is 12.7 Å².